The van der Waals surface area contributed by atoms with Crippen LogP contribution in [0.15, 0.2) is 24.3 Å². The second-order valence-electron chi connectivity index (χ2n) is 3.62. The number of rotatable bonds is 2. The van der Waals surface area contributed by atoms with Crippen LogP contribution >= 0.6 is 0 Å². The number of hydrogen-bond acceptors (Lipinski definition) is 2. The zero-order chi connectivity index (χ0) is 12.3. The first-order valence-electron chi connectivity index (χ1n) is 4.59. The summed E-state index contributed by atoms with van der Waals surface area (Å²) >= 11 is 0. The van der Waals surface area contributed by atoms with E-state index in [2.05, 4.69) is 0 Å². The normalized spacial score (nSPS) is 13.6. The Morgan fingerprint density at radius 2 is 1.69 bits per heavy atom. The fourth-order valence-electron chi connectivity index (χ4n) is 1.34. The number of hydrogen-bond donors (Lipinski definition) is 0. The van der Waals surface area contributed by atoms with Gasteiger partial charge in [-0.05, 0) is 31.8 Å². The Kier molecular flexibility index (Phi) is 3.55. The summed E-state index contributed by atoms with van der Waals surface area (Å²) in [5, 5.41) is 8.87. The predicted octanol–water partition coefficient (Wildman–Crippen LogP) is 2.83. The summed E-state index contributed by atoms with van der Waals surface area (Å²) in [5.41, 5.74) is -0.146. The molecule has 0 bridgehead atoms. The Morgan fingerprint density at radius 3 is 2.00 bits per heavy atom. The Hall–Kier alpha value is -1.54. The van der Waals surface area contributed by atoms with E-state index >= 15 is 0 Å². The van der Waals surface area contributed by atoms with Crippen molar-refractivity contribution >= 4 is 0 Å². The van der Waals surface area contributed by atoms with Crippen LogP contribution in [-0.2, 0) is 6.18 Å². The molecule has 5 heteroatoms. The van der Waals surface area contributed by atoms with Crippen molar-refractivity contribution in [1.82, 2.24) is 4.90 Å². The van der Waals surface area contributed by atoms with Crippen LogP contribution in [0.25, 0.3) is 0 Å². The van der Waals surface area contributed by atoms with Gasteiger partial charge in [-0.1, -0.05) is 12.1 Å². The Labute approximate surface area is 91.9 Å². The summed E-state index contributed by atoms with van der Waals surface area (Å²) in [7, 11) is 3.40. The van der Waals surface area contributed by atoms with Gasteiger partial charge in [0.15, 0.2) is 0 Å². The first-order chi connectivity index (χ1) is 7.36. The maximum atomic E-state index is 12.3. The smallest absolute Gasteiger partial charge is 0.291 e. The fraction of sp³-hybridized carbons (Fsp3) is 0.364. The number of alkyl halides is 3. The van der Waals surface area contributed by atoms with E-state index in [1.807, 2.05) is 6.07 Å². The fourth-order valence-corrected chi connectivity index (χ4v) is 1.34. The molecule has 1 rings (SSSR count). The van der Waals surface area contributed by atoms with Crippen LogP contribution in [0.4, 0.5) is 13.2 Å². The lowest BCUT2D eigenvalue weighted by Crippen LogP contribution is -2.18. The highest BCUT2D eigenvalue weighted by atomic mass is 19.4. The molecule has 16 heavy (non-hydrogen) atoms. The molecule has 0 saturated carbocycles. The van der Waals surface area contributed by atoms with Crippen molar-refractivity contribution in [2.24, 2.45) is 0 Å². The SMILES string of the molecule is CN(C)[C@@H](C#N)c1ccc(C(F)(F)F)cc1. The molecule has 1 aromatic carbocycles. The van der Waals surface area contributed by atoms with E-state index in [0.29, 0.717) is 5.56 Å². The number of benzene rings is 1. The van der Waals surface area contributed by atoms with Gasteiger partial charge in [0, 0.05) is 0 Å². The molecule has 0 aliphatic carbocycles. The van der Waals surface area contributed by atoms with E-state index in [1.54, 1.807) is 19.0 Å². The summed E-state index contributed by atoms with van der Waals surface area (Å²) in [6.45, 7) is 0. The molecule has 2 nitrogen and oxygen atoms in total. The highest BCUT2D eigenvalue weighted by Gasteiger charge is 2.30. The van der Waals surface area contributed by atoms with Gasteiger partial charge in [0.05, 0.1) is 11.6 Å². The van der Waals surface area contributed by atoms with Gasteiger partial charge < -0.3 is 0 Å². The summed E-state index contributed by atoms with van der Waals surface area (Å²) in [5.74, 6) is 0. The van der Waals surface area contributed by atoms with Crippen LogP contribution in [0.1, 0.15) is 17.2 Å². The van der Waals surface area contributed by atoms with Crippen molar-refractivity contribution in [1.29, 1.82) is 5.26 Å². The van der Waals surface area contributed by atoms with Gasteiger partial charge in [-0.2, -0.15) is 18.4 Å². The van der Waals surface area contributed by atoms with Crippen LogP contribution in [-0.4, -0.2) is 19.0 Å². The van der Waals surface area contributed by atoms with Gasteiger partial charge in [-0.25, -0.2) is 0 Å². The van der Waals surface area contributed by atoms with Gasteiger partial charge in [0.25, 0.3) is 0 Å². The lowest BCUT2D eigenvalue weighted by molar-refractivity contribution is -0.137. The van der Waals surface area contributed by atoms with E-state index in [-0.39, 0.29) is 0 Å². The summed E-state index contributed by atoms with van der Waals surface area (Å²) in [4.78, 5) is 1.64. The minimum Gasteiger partial charge on any atom is -0.291 e. The second-order valence-corrected chi connectivity index (χ2v) is 3.62. The van der Waals surface area contributed by atoms with Gasteiger partial charge in [0.1, 0.15) is 6.04 Å². The minimum absolute atomic E-state index is 0.526. The minimum atomic E-state index is -4.33. The Balaban J connectivity index is 3.00. The number of halogens is 3. The van der Waals surface area contributed by atoms with Crippen molar-refractivity contribution in [2.75, 3.05) is 14.1 Å². The van der Waals surface area contributed by atoms with Gasteiger partial charge in [0.2, 0.25) is 0 Å². The first kappa shape index (κ1) is 12.5. The van der Waals surface area contributed by atoms with Crippen molar-refractivity contribution in [3.8, 4) is 6.07 Å². The van der Waals surface area contributed by atoms with Crippen molar-refractivity contribution in [3.05, 3.63) is 35.4 Å². The third-order valence-corrected chi connectivity index (χ3v) is 2.19. The molecule has 0 aliphatic heterocycles. The van der Waals surface area contributed by atoms with Crippen LogP contribution in [0.3, 0.4) is 0 Å². The molecule has 0 saturated heterocycles. The second kappa shape index (κ2) is 4.54. The van der Waals surface area contributed by atoms with Gasteiger partial charge in [-0.15, -0.1) is 0 Å². The molecule has 0 amide bonds. The predicted molar refractivity (Wildman–Crippen MR) is 53.5 cm³/mol. The van der Waals surface area contributed by atoms with E-state index in [4.69, 9.17) is 5.26 Å². The summed E-state index contributed by atoms with van der Waals surface area (Å²) in [6.07, 6.45) is -4.33. The van der Waals surface area contributed by atoms with E-state index in [9.17, 15) is 13.2 Å². The molecular formula is C11H11F3N2. The average Bonchev–Trinajstić information content (AvgIpc) is 2.17. The van der Waals surface area contributed by atoms with E-state index in [0.717, 1.165) is 12.1 Å². The van der Waals surface area contributed by atoms with Crippen molar-refractivity contribution < 1.29 is 13.2 Å². The third-order valence-electron chi connectivity index (χ3n) is 2.19. The quantitative estimate of drug-likeness (QED) is 0.778. The maximum absolute atomic E-state index is 12.3. The van der Waals surface area contributed by atoms with E-state index in [1.165, 1.54) is 12.1 Å². The monoisotopic (exact) mass is 228 g/mol. The molecular weight excluding hydrogens is 217 g/mol. The van der Waals surface area contributed by atoms with Crippen molar-refractivity contribution in [3.63, 3.8) is 0 Å². The topological polar surface area (TPSA) is 27.0 Å². The molecule has 86 valence electrons. The highest BCUT2D eigenvalue weighted by Crippen LogP contribution is 2.30. The Bertz CT molecular complexity index is 387. The standard InChI is InChI=1S/C11H11F3N2/c1-16(2)10(7-15)8-3-5-9(6-4-8)11(12,13)14/h3-6,10H,1-2H3/t10-/m0/s1. The number of nitriles is 1. The van der Waals surface area contributed by atoms with Crippen LogP contribution < -0.4 is 0 Å². The number of nitrogens with zero attached hydrogens (tertiary/aromatic N) is 2. The van der Waals surface area contributed by atoms with Gasteiger partial charge >= 0.3 is 6.18 Å². The van der Waals surface area contributed by atoms with Crippen LogP contribution in [0, 0.1) is 11.3 Å². The van der Waals surface area contributed by atoms with Crippen molar-refractivity contribution in [2.45, 2.75) is 12.2 Å². The first-order valence-corrected chi connectivity index (χ1v) is 4.59. The van der Waals surface area contributed by atoms with E-state index < -0.39 is 17.8 Å². The maximum Gasteiger partial charge on any atom is 0.416 e. The molecule has 0 radical (unpaired) electrons. The van der Waals surface area contributed by atoms with Crippen LogP contribution in [0.2, 0.25) is 0 Å². The lowest BCUT2D eigenvalue weighted by Gasteiger charge is -2.17. The molecule has 0 heterocycles. The molecule has 0 fully saturated rings. The Morgan fingerprint density at radius 1 is 1.19 bits per heavy atom. The summed E-state index contributed by atoms with van der Waals surface area (Å²) < 4.78 is 36.9. The molecule has 0 spiro atoms. The molecule has 1 aromatic rings. The average molecular weight is 228 g/mol. The zero-order valence-electron chi connectivity index (χ0n) is 8.92. The van der Waals surface area contributed by atoms with Crippen LogP contribution in [0.5, 0.6) is 0 Å². The van der Waals surface area contributed by atoms with Gasteiger partial charge in [-0.3, -0.25) is 4.90 Å². The molecule has 0 unspecified atom stereocenters. The summed E-state index contributed by atoms with van der Waals surface area (Å²) in [6, 6.07) is 6.13. The third kappa shape index (κ3) is 2.74. The molecule has 0 aliphatic rings. The molecule has 0 N–H and O–H groups in total. The largest absolute Gasteiger partial charge is 0.416 e. The highest BCUT2D eigenvalue weighted by molar-refractivity contribution is 5.29. The lowest BCUT2D eigenvalue weighted by atomic mass is 10.1. The molecule has 0 aromatic heterocycles. The zero-order valence-corrected chi connectivity index (χ0v) is 8.92. The molecule has 1 atom stereocenters.